The van der Waals surface area contributed by atoms with E-state index in [-0.39, 0.29) is 0 Å². The fourth-order valence-corrected chi connectivity index (χ4v) is 2.55. The van der Waals surface area contributed by atoms with Crippen molar-refractivity contribution in [2.45, 2.75) is 60.3 Å². The third kappa shape index (κ3) is 2.72. The monoisotopic (exact) mass is 182 g/mol. The highest BCUT2D eigenvalue weighted by atomic mass is 14.5. The van der Waals surface area contributed by atoms with Crippen LogP contribution in [0.3, 0.4) is 0 Å². The van der Waals surface area contributed by atoms with E-state index < -0.39 is 0 Å². The van der Waals surface area contributed by atoms with Gasteiger partial charge in [0.1, 0.15) is 0 Å². The summed E-state index contributed by atoms with van der Waals surface area (Å²) >= 11 is 0. The highest BCUT2D eigenvalue weighted by Crippen LogP contribution is 2.59. The molecule has 0 aliphatic heterocycles. The molecule has 0 aromatic heterocycles. The van der Waals surface area contributed by atoms with E-state index in [1.54, 1.807) is 0 Å². The molecular formula is C13H26. The summed E-state index contributed by atoms with van der Waals surface area (Å²) in [5, 5.41) is 0. The number of hydrogen-bond acceptors (Lipinski definition) is 0. The summed E-state index contributed by atoms with van der Waals surface area (Å²) in [6.07, 6.45) is 5.74. The van der Waals surface area contributed by atoms with Gasteiger partial charge in [-0.15, -0.1) is 0 Å². The van der Waals surface area contributed by atoms with Gasteiger partial charge in [-0.3, -0.25) is 0 Å². The third-order valence-electron chi connectivity index (χ3n) is 4.13. The first kappa shape index (κ1) is 11.1. The average Bonchev–Trinajstić information content (AvgIpc) is 2.75. The van der Waals surface area contributed by atoms with Crippen molar-refractivity contribution >= 4 is 0 Å². The van der Waals surface area contributed by atoms with Crippen molar-refractivity contribution in [3.8, 4) is 0 Å². The topological polar surface area (TPSA) is 0 Å². The van der Waals surface area contributed by atoms with E-state index in [4.69, 9.17) is 0 Å². The molecule has 0 aromatic carbocycles. The maximum atomic E-state index is 2.49. The fraction of sp³-hybridized carbons (Fsp3) is 1.00. The predicted molar refractivity (Wildman–Crippen MR) is 59.7 cm³/mol. The Balaban J connectivity index is 2.23. The van der Waals surface area contributed by atoms with E-state index >= 15 is 0 Å². The minimum absolute atomic E-state index is 0.720. The van der Waals surface area contributed by atoms with Crippen molar-refractivity contribution in [2.24, 2.45) is 23.2 Å². The van der Waals surface area contributed by atoms with Crippen LogP contribution in [0.2, 0.25) is 0 Å². The lowest BCUT2D eigenvalue weighted by Crippen LogP contribution is -2.05. The van der Waals surface area contributed by atoms with E-state index in [0.717, 1.165) is 23.2 Å². The minimum Gasteiger partial charge on any atom is -0.0651 e. The second-order valence-electron chi connectivity index (χ2n) is 5.76. The Kier molecular flexibility index (Phi) is 3.43. The van der Waals surface area contributed by atoms with E-state index in [2.05, 4.69) is 34.6 Å². The Labute approximate surface area is 84.1 Å². The van der Waals surface area contributed by atoms with Crippen LogP contribution in [0.25, 0.3) is 0 Å². The van der Waals surface area contributed by atoms with E-state index in [0.29, 0.717) is 0 Å². The molecule has 0 heteroatoms. The molecular weight excluding hydrogens is 156 g/mol. The van der Waals surface area contributed by atoms with Crippen LogP contribution in [0.4, 0.5) is 0 Å². The lowest BCUT2D eigenvalue weighted by atomic mass is 9.90. The molecule has 3 atom stereocenters. The molecule has 0 aromatic rings. The minimum atomic E-state index is 0.720. The van der Waals surface area contributed by atoms with Crippen LogP contribution < -0.4 is 0 Å². The van der Waals surface area contributed by atoms with Gasteiger partial charge in [-0.2, -0.15) is 0 Å². The molecule has 0 saturated heterocycles. The summed E-state index contributed by atoms with van der Waals surface area (Å²) in [6, 6.07) is 0. The molecule has 0 spiro atoms. The zero-order valence-electron chi connectivity index (χ0n) is 10.1. The van der Waals surface area contributed by atoms with Gasteiger partial charge in [0.15, 0.2) is 0 Å². The first-order valence-corrected chi connectivity index (χ1v) is 5.99. The number of rotatable bonds is 5. The maximum absolute atomic E-state index is 2.49. The SMILES string of the molecule is CCC(C)CCC1(C)CC1C(C)C. The summed E-state index contributed by atoms with van der Waals surface area (Å²) in [4.78, 5) is 0. The normalized spacial score (nSPS) is 35.1. The molecule has 1 rings (SSSR count). The molecule has 0 amide bonds. The van der Waals surface area contributed by atoms with Crippen LogP contribution in [0, 0.1) is 23.2 Å². The van der Waals surface area contributed by atoms with Crippen LogP contribution in [-0.4, -0.2) is 0 Å². The highest BCUT2D eigenvalue weighted by molar-refractivity contribution is 4.99. The van der Waals surface area contributed by atoms with Crippen molar-refractivity contribution in [3.05, 3.63) is 0 Å². The van der Waals surface area contributed by atoms with E-state index in [1.165, 1.54) is 25.7 Å². The van der Waals surface area contributed by atoms with Crippen molar-refractivity contribution < 1.29 is 0 Å². The van der Waals surface area contributed by atoms with Crippen LogP contribution in [0.1, 0.15) is 60.3 Å². The molecule has 1 saturated carbocycles. The summed E-state index contributed by atoms with van der Waals surface area (Å²) in [5.41, 5.74) is 0.720. The quantitative estimate of drug-likeness (QED) is 0.587. The summed E-state index contributed by atoms with van der Waals surface area (Å²) in [6.45, 7) is 11.9. The lowest BCUT2D eigenvalue weighted by Gasteiger charge is -2.15. The van der Waals surface area contributed by atoms with E-state index in [9.17, 15) is 0 Å². The van der Waals surface area contributed by atoms with Crippen molar-refractivity contribution in [3.63, 3.8) is 0 Å². The predicted octanol–water partition coefficient (Wildman–Crippen LogP) is 4.49. The first-order valence-electron chi connectivity index (χ1n) is 5.99. The molecule has 3 unspecified atom stereocenters. The van der Waals surface area contributed by atoms with Gasteiger partial charge in [0, 0.05) is 0 Å². The Morgan fingerprint density at radius 3 is 2.31 bits per heavy atom. The van der Waals surface area contributed by atoms with Gasteiger partial charge in [-0.1, -0.05) is 47.5 Å². The third-order valence-corrected chi connectivity index (χ3v) is 4.13. The molecule has 0 radical (unpaired) electrons. The van der Waals surface area contributed by atoms with Crippen LogP contribution in [0.15, 0.2) is 0 Å². The van der Waals surface area contributed by atoms with Gasteiger partial charge < -0.3 is 0 Å². The van der Waals surface area contributed by atoms with Gasteiger partial charge >= 0.3 is 0 Å². The second-order valence-corrected chi connectivity index (χ2v) is 5.76. The molecule has 0 nitrogen and oxygen atoms in total. The van der Waals surface area contributed by atoms with Gasteiger partial charge in [0.05, 0.1) is 0 Å². The summed E-state index contributed by atoms with van der Waals surface area (Å²) in [7, 11) is 0. The largest absolute Gasteiger partial charge is 0.0651 e. The average molecular weight is 182 g/mol. The van der Waals surface area contributed by atoms with Crippen molar-refractivity contribution in [1.82, 2.24) is 0 Å². The zero-order chi connectivity index (χ0) is 10.1. The smallest absolute Gasteiger partial charge is 0.0292 e. The molecule has 0 N–H and O–H groups in total. The van der Waals surface area contributed by atoms with Gasteiger partial charge in [0.2, 0.25) is 0 Å². The first-order chi connectivity index (χ1) is 5.99. The summed E-state index contributed by atoms with van der Waals surface area (Å²) in [5.74, 6) is 2.86. The van der Waals surface area contributed by atoms with Crippen molar-refractivity contribution in [1.29, 1.82) is 0 Å². The van der Waals surface area contributed by atoms with Crippen molar-refractivity contribution in [2.75, 3.05) is 0 Å². The van der Waals surface area contributed by atoms with Gasteiger partial charge in [-0.05, 0) is 36.0 Å². The lowest BCUT2D eigenvalue weighted by molar-refractivity contribution is 0.353. The molecule has 0 bridgehead atoms. The second kappa shape index (κ2) is 4.02. The van der Waals surface area contributed by atoms with Gasteiger partial charge in [0.25, 0.3) is 0 Å². The summed E-state index contributed by atoms with van der Waals surface area (Å²) < 4.78 is 0. The maximum Gasteiger partial charge on any atom is -0.0292 e. The zero-order valence-corrected chi connectivity index (χ0v) is 10.1. The molecule has 1 aliphatic carbocycles. The molecule has 1 aliphatic rings. The van der Waals surface area contributed by atoms with Crippen LogP contribution >= 0.6 is 0 Å². The van der Waals surface area contributed by atoms with Crippen LogP contribution in [0.5, 0.6) is 0 Å². The Morgan fingerprint density at radius 1 is 1.31 bits per heavy atom. The Hall–Kier alpha value is 0. The van der Waals surface area contributed by atoms with Gasteiger partial charge in [-0.25, -0.2) is 0 Å². The van der Waals surface area contributed by atoms with E-state index in [1.807, 2.05) is 0 Å². The Bertz CT molecular complexity index is 159. The molecule has 78 valence electrons. The highest BCUT2D eigenvalue weighted by Gasteiger charge is 2.50. The standard InChI is InChI=1S/C13H26/c1-6-11(4)7-8-13(5)9-12(13)10(2)3/h10-12H,6-9H2,1-5H3. The molecule has 13 heavy (non-hydrogen) atoms. The molecule has 1 fully saturated rings. The number of hydrogen-bond donors (Lipinski definition) is 0. The van der Waals surface area contributed by atoms with Crippen LogP contribution in [-0.2, 0) is 0 Å². The Morgan fingerprint density at radius 2 is 1.92 bits per heavy atom. The fourth-order valence-electron chi connectivity index (χ4n) is 2.55. The molecule has 0 heterocycles.